The Morgan fingerprint density at radius 1 is 1.44 bits per heavy atom. The van der Waals surface area contributed by atoms with Crippen LogP contribution in [0.1, 0.15) is 56.3 Å². The van der Waals surface area contributed by atoms with Gasteiger partial charge in [0.25, 0.3) is 0 Å². The number of aryl methyl sites for hydroxylation is 2. The molecular weight excluding hydrogens is 226 g/mol. The zero-order chi connectivity index (χ0) is 13.1. The first-order valence-corrected chi connectivity index (χ1v) is 6.88. The molecule has 1 aromatic rings. The van der Waals surface area contributed by atoms with Crippen LogP contribution in [0.5, 0.6) is 0 Å². The minimum atomic E-state index is 0.0492. The molecule has 1 heterocycles. The van der Waals surface area contributed by atoms with Crippen molar-refractivity contribution in [2.24, 2.45) is 13.0 Å². The van der Waals surface area contributed by atoms with E-state index in [4.69, 9.17) is 0 Å². The van der Waals surface area contributed by atoms with Crippen LogP contribution in [0.2, 0.25) is 0 Å². The van der Waals surface area contributed by atoms with Gasteiger partial charge in [-0.25, -0.2) is 0 Å². The maximum atomic E-state index is 12.2. The van der Waals surface area contributed by atoms with Crippen LogP contribution in [0, 0.1) is 12.8 Å². The average Bonchev–Trinajstić information content (AvgIpc) is 2.69. The van der Waals surface area contributed by atoms with Crippen LogP contribution < -0.4 is 5.32 Å². The third-order valence-corrected chi connectivity index (χ3v) is 3.85. The number of carbonyl (C=O) groups excluding carboxylic acids is 1. The van der Waals surface area contributed by atoms with Crippen LogP contribution >= 0.6 is 0 Å². The smallest absolute Gasteiger partial charge is 0.223 e. The van der Waals surface area contributed by atoms with Crippen LogP contribution in [0.3, 0.4) is 0 Å². The van der Waals surface area contributed by atoms with Gasteiger partial charge in [0.05, 0.1) is 11.7 Å². The van der Waals surface area contributed by atoms with E-state index in [9.17, 15) is 4.79 Å². The van der Waals surface area contributed by atoms with Crippen molar-refractivity contribution in [1.82, 2.24) is 15.1 Å². The molecule has 2 rings (SSSR count). The molecule has 0 radical (unpaired) electrons. The molecule has 1 saturated carbocycles. The van der Waals surface area contributed by atoms with Crippen LogP contribution in [0.15, 0.2) is 6.20 Å². The monoisotopic (exact) mass is 249 g/mol. The predicted molar refractivity (Wildman–Crippen MR) is 71.1 cm³/mol. The number of amides is 1. The summed E-state index contributed by atoms with van der Waals surface area (Å²) < 4.78 is 1.80. The van der Waals surface area contributed by atoms with Gasteiger partial charge in [-0.15, -0.1) is 0 Å². The summed E-state index contributed by atoms with van der Waals surface area (Å²) in [6, 6.07) is 0.0492. The number of hydrogen-bond donors (Lipinski definition) is 1. The molecule has 1 fully saturated rings. The summed E-state index contributed by atoms with van der Waals surface area (Å²) in [4.78, 5) is 12.2. The summed E-state index contributed by atoms with van der Waals surface area (Å²) in [6.07, 6.45) is 7.74. The molecule has 0 spiro atoms. The summed E-state index contributed by atoms with van der Waals surface area (Å²) in [6.45, 7) is 4.02. The van der Waals surface area contributed by atoms with Gasteiger partial charge in [0.2, 0.25) is 5.91 Å². The molecule has 0 bridgehead atoms. The Morgan fingerprint density at radius 3 is 2.67 bits per heavy atom. The molecule has 1 aromatic heterocycles. The molecule has 1 N–H and O–H groups in total. The van der Waals surface area contributed by atoms with Gasteiger partial charge < -0.3 is 5.32 Å². The zero-order valence-electron chi connectivity index (χ0n) is 11.6. The Labute approximate surface area is 109 Å². The van der Waals surface area contributed by atoms with Gasteiger partial charge in [-0.1, -0.05) is 19.3 Å². The van der Waals surface area contributed by atoms with Gasteiger partial charge in [0.1, 0.15) is 0 Å². The van der Waals surface area contributed by atoms with Crippen LogP contribution in [0.25, 0.3) is 0 Å². The fourth-order valence-corrected chi connectivity index (χ4v) is 2.82. The number of hydrogen-bond acceptors (Lipinski definition) is 2. The largest absolute Gasteiger partial charge is 0.349 e. The molecule has 1 unspecified atom stereocenters. The molecule has 18 heavy (non-hydrogen) atoms. The Kier molecular flexibility index (Phi) is 4.04. The van der Waals surface area contributed by atoms with E-state index in [1.807, 2.05) is 27.1 Å². The third-order valence-electron chi connectivity index (χ3n) is 3.85. The number of rotatable bonds is 3. The van der Waals surface area contributed by atoms with E-state index in [-0.39, 0.29) is 17.9 Å². The molecule has 4 heteroatoms. The zero-order valence-corrected chi connectivity index (χ0v) is 11.6. The van der Waals surface area contributed by atoms with Gasteiger partial charge in [-0.3, -0.25) is 9.48 Å². The summed E-state index contributed by atoms with van der Waals surface area (Å²) >= 11 is 0. The van der Waals surface area contributed by atoms with Crippen molar-refractivity contribution in [3.8, 4) is 0 Å². The highest BCUT2D eigenvalue weighted by molar-refractivity contribution is 5.79. The number of nitrogens with one attached hydrogen (secondary N) is 1. The summed E-state index contributed by atoms with van der Waals surface area (Å²) in [5.41, 5.74) is 2.11. The Balaban J connectivity index is 1.96. The Morgan fingerprint density at radius 2 is 2.11 bits per heavy atom. The van der Waals surface area contributed by atoms with Gasteiger partial charge in [0.15, 0.2) is 0 Å². The fourth-order valence-electron chi connectivity index (χ4n) is 2.82. The quantitative estimate of drug-likeness (QED) is 0.894. The lowest BCUT2D eigenvalue weighted by molar-refractivity contribution is -0.126. The minimum absolute atomic E-state index is 0.0492. The lowest BCUT2D eigenvalue weighted by Gasteiger charge is -2.23. The van der Waals surface area contributed by atoms with E-state index >= 15 is 0 Å². The standard InChI is InChI=1S/C14H23N3O/c1-10(13-9-17(3)16-11(13)2)15-14(18)12-7-5-4-6-8-12/h9-10,12H,4-8H2,1-3H3,(H,15,18). The lowest BCUT2D eigenvalue weighted by atomic mass is 9.88. The first-order valence-electron chi connectivity index (χ1n) is 6.88. The fraction of sp³-hybridized carbons (Fsp3) is 0.714. The van der Waals surface area contributed by atoms with Gasteiger partial charge in [-0.05, 0) is 26.7 Å². The van der Waals surface area contributed by atoms with Crippen molar-refractivity contribution in [3.05, 3.63) is 17.5 Å². The number of nitrogens with zero attached hydrogens (tertiary/aromatic N) is 2. The van der Waals surface area contributed by atoms with E-state index in [0.29, 0.717) is 0 Å². The highest BCUT2D eigenvalue weighted by Crippen LogP contribution is 2.25. The van der Waals surface area contributed by atoms with Crippen molar-refractivity contribution < 1.29 is 4.79 Å². The maximum Gasteiger partial charge on any atom is 0.223 e. The van der Waals surface area contributed by atoms with Crippen molar-refractivity contribution in [2.75, 3.05) is 0 Å². The second-order valence-corrected chi connectivity index (χ2v) is 5.41. The molecule has 0 saturated heterocycles. The molecule has 1 aliphatic carbocycles. The predicted octanol–water partition coefficient (Wildman–Crippen LogP) is 2.49. The van der Waals surface area contributed by atoms with Gasteiger partial charge >= 0.3 is 0 Å². The molecule has 100 valence electrons. The topological polar surface area (TPSA) is 46.9 Å². The number of carbonyl (C=O) groups is 1. The molecule has 1 aliphatic rings. The summed E-state index contributed by atoms with van der Waals surface area (Å²) in [5.74, 6) is 0.434. The highest BCUT2D eigenvalue weighted by atomic mass is 16.1. The summed E-state index contributed by atoms with van der Waals surface area (Å²) in [7, 11) is 1.91. The van der Waals surface area contributed by atoms with Crippen molar-refractivity contribution in [2.45, 2.75) is 52.0 Å². The average molecular weight is 249 g/mol. The van der Waals surface area contributed by atoms with Crippen molar-refractivity contribution >= 4 is 5.91 Å². The van der Waals surface area contributed by atoms with E-state index < -0.39 is 0 Å². The van der Waals surface area contributed by atoms with Crippen molar-refractivity contribution in [3.63, 3.8) is 0 Å². The van der Waals surface area contributed by atoms with Gasteiger partial charge in [0, 0.05) is 24.7 Å². The molecule has 0 aliphatic heterocycles. The van der Waals surface area contributed by atoms with E-state index in [1.54, 1.807) is 4.68 Å². The highest BCUT2D eigenvalue weighted by Gasteiger charge is 2.23. The SMILES string of the molecule is Cc1nn(C)cc1C(C)NC(=O)C1CCCCC1. The first-order chi connectivity index (χ1) is 8.58. The van der Waals surface area contributed by atoms with E-state index in [2.05, 4.69) is 10.4 Å². The first kappa shape index (κ1) is 13.1. The van der Waals surface area contributed by atoms with Gasteiger partial charge in [-0.2, -0.15) is 5.10 Å². The van der Waals surface area contributed by atoms with Crippen LogP contribution in [0.4, 0.5) is 0 Å². The molecule has 0 aromatic carbocycles. The molecule has 1 atom stereocenters. The minimum Gasteiger partial charge on any atom is -0.349 e. The Hall–Kier alpha value is -1.32. The second kappa shape index (κ2) is 5.55. The van der Waals surface area contributed by atoms with E-state index in [0.717, 1.165) is 24.1 Å². The lowest BCUT2D eigenvalue weighted by Crippen LogP contribution is -2.33. The third kappa shape index (κ3) is 2.92. The molecule has 4 nitrogen and oxygen atoms in total. The van der Waals surface area contributed by atoms with Crippen molar-refractivity contribution in [1.29, 1.82) is 0 Å². The summed E-state index contributed by atoms with van der Waals surface area (Å²) in [5, 5.41) is 7.45. The van der Waals surface area contributed by atoms with Crippen LogP contribution in [-0.4, -0.2) is 15.7 Å². The Bertz CT molecular complexity index is 419. The maximum absolute atomic E-state index is 12.2. The normalized spacial score (nSPS) is 18.6. The van der Waals surface area contributed by atoms with Crippen LogP contribution in [-0.2, 0) is 11.8 Å². The van der Waals surface area contributed by atoms with E-state index in [1.165, 1.54) is 19.3 Å². The number of aromatic nitrogens is 2. The molecule has 1 amide bonds. The second-order valence-electron chi connectivity index (χ2n) is 5.41. The molecular formula is C14H23N3O.